The summed E-state index contributed by atoms with van der Waals surface area (Å²) in [6.45, 7) is 1.38. The molecule has 0 atom stereocenters. The van der Waals surface area contributed by atoms with Crippen LogP contribution in [0.1, 0.15) is 12.5 Å². The van der Waals surface area contributed by atoms with Gasteiger partial charge >= 0.3 is 0 Å². The van der Waals surface area contributed by atoms with E-state index < -0.39 is 10.0 Å². The number of amides is 2. The van der Waals surface area contributed by atoms with Crippen LogP contribution in [0.4, 0.5) is 11.4 Å². The molecule has 2 aromatic carbocycles. The highest BCUT2D eigenvalue weighted by Crippen LogP contribution is 2.19. The van der Waals surface area contributed by atoms with E-state index in [0.29, 0.717) is 11.4 Å². The standard InChI is InChI=1S/C18H21N3O4S/c1-13(22)19-15-8-10-17(11-9-15)26(24,25)20-16-6-4-14(5-7-16)12-18(23)21(2)3/h4-11,20H,12H2,1-3H3,(H,19,22). The van der Waals surface area contributed by atoms with Crippen molar-refractivity contribution >= 4 is 33.2 Å². The van der Waals surface area contributed by atoms with Crippen LogP contribution in [-0.4, -0.2) is 39.2 Å². The lowest BCUT2D eigenvalue weighted by molar-refractivity contribution is -0.128. The van der Waals surface area contributed by atoms with Crippen LogP contribution in [0.2, 0.25) is 0 Å². The molecule has 0 aliphatic heterocycles. The molecule has 0 radical (unpaired) electrons. The lowest BCUT2D eigenvalue weighted by Gasteiger charge is -2.11. The summed E-state index contributed by atoms with van der Waals surface area (Å²) in [5, 5.41) is 2.58. The Kier molecular flexibility index (Phi) is 5.99. The van der Waals surface area contributed by atoms with E-state index in [4.69, 9.17) is 0 Å². The third kappa shape index (κ3) is 5.32. The molecule has 8 heteroatoms. The highest BCUT2D eigenvalue weighted by molar-refractivity contribution is 7.92. The SMILES string of the molecule is CC(=O)Nc1ccc(S(=O)(=O)Nc2ccc(CC(=O)N(C)C)cc2)cc1. The van der Waals surface area contributed by atoms with Crippen LogP contribution in [0.15, 0.2) is 53.4 Å². The van der Waals surface area contributed by atoms with E-state index in [1.165, 1.54) is 36.1 Å². The van der Waals surface area contributed by atoms with Gasteiger partial charge in [-0.15, -0.1) is 0 Å². The van der Waals surface area contributed by atoms with E-state index in [2.05, 4.69) is 10.0 Å². The minimum atomic E-state index is -3.75. The molecular formula is C18H21N3O4S. The van der Waals surface area contributed by atoms with E-state index >= 15 is 0 Å². The Morgan fingerprint density at radius 2 is 1.46 bits per heavy atom. The number of nitrogens with one attached hydrogen (secondary N) is 2. The lowest BCUT2D eigenvalue weighted by Crippen LogP contribution is -2.23. The number of anilines is 2. The number of sulfonamides is 1. The van der Waals surface area contributed by atoms with Crippen molar-refractivity contribution in [3.63, 3.8) is 0 Å². The summed E-state index contributed by atoms with van der Waals surface area (Å²) in [5.74, 6) is -0.260. The Labute approximate surface area is 153 Å². The molecule has 0 aliphatic carbocycles. The van der Waals surface area contributed by atoms with Crippen molar-refractivity contribution in [2.24, 2.45) is 0 Å². The molecule has 2 rings (SSSR count). The van der Waals surface area contributed by atoms with Gasteiger partial charge in [0, 0.05) is 32.4 Å². The minimum absolute atomic E-state index is 0.0300. The molecule has 0 saturated carbocycles. The maximum atomic E-state index is 12.4. The molecule has 138 valence electrons. The topological polar surface area (TPSA) is 95.6 Å². The number of hydrogen-bond acceptors (Lipinski definition) is 4. The van der Waals surface area contributed by atoms with Crippen LogP contribution in [0.3, 0.4) is 0 Å². The zero-order valence-electron chi connectivity index (χ0n) is 14.8. The van der Waals surface area contributed by atoms with Crippen LogP contribution < -0.4 is 10.0 Å². The molecule has 0 saturated heterocycles. The van der Waals surface area contributed by atoms with Gasteiger partial charge in [0.25, 0.3) is 10.0 Å². The summed E-state index contributed by atoms with van der Waals surface area (Å²) in [7, 11) is -0.381. The maximum Gasteiger partial charge on any atom is 0.261 e. The number of carbonyl (C=O) groups is 2. The summed E-state index contributed by atoms with van der Waals surface area (Å²) in [4.78, 5) is 24.3. The average molecular weight is 375 g/mol. The first-order valence-electron chi connectivity index (χ1n) is 7.87. The minimum Gasteiger partial charge on any atom is -0.349 e. The summed E-state index contributed by atoms with van der Waals surface area (Å²) < 4.78 is 27.3. The van der Waals surface area contributed by atoms with Gasteiger partial charge in [0.05, 0.1) is 11.3 Å². The van der Waals surface area contributed by atoms with Gasteiger partial charge in [-0.1, -0.05) is 12.1 Å². The fourth-order valence-electron chi connectivity index (χ4n) is 2.16. The highest BCUT2D eigenvalue weighted by atomic mass is 32.2. The molecule has 0 unspecified atom stereocenters. The normalized spacial score (nSPS) is 10.9. The van der Waals surface area contributed by atoms with Crippen molar-refractivity contribution in [2.45, 2.75) is 18.2 Å². The third-order valence-corrected chi connectivity index (χ3v) is 4.94. The van der Waals surface area contributed by atoms with Gasteiger partial charge < -0.3 is 10.2 Å². The van der Waals surface area contributed by atoms with E-state index in [1.807, 2.05) is 0 Å². The number of likely N-dealkylation sites (N-methyl/N-ethyl adjacent to an activating group) is 1. The number of benzene rings is 2. The largest absolute Gasteiger partial charge is 0.349 e. The van der Waals surface area contributed by atoms with Gasteiger partial charge in [-0.05, 0) is 42.0 Å². The quantitative estimate of drug-likeness (QED) is 0.808. The first-order valence-corrected chi connectivity index (χ1v) is 9.35. The van der Waals surface area contributed by atoms with Gasteiger partial charge in [-0.25, -0.2) is 8.42 Å². The monoisotopic (exact) mass is 375 g/mol. The Morgan fingerprint density at radius 3 is 1.96 bits per heavy atom. The second kappa shape index (κ2) is 8.01. The first-order chi connectivity index (χ1) is 12.2. The molecule has 0 aromatic heterocycles. The van der Waals surface area contributed by atoms with Crippen LogP contribution in [0.25, 0.3) is 0 Å². The molecule has 0 spiro atoms. The van der Waals surface area contributed by atoms with Crippen molar-refractivity contribution in [1.82, 2.24) is 4.90 Å². The van der Waals surface area contributed by atoms with E-state index in [9.17, 15) is 18.0 Å². The van der Waals surface area contributed by atoms with Gasteiger partial charge in [0.1, 0.15) is 0 Å². The molecule has 0 fully saturated rings. The molecular weight excluding hydrogens is 354 g/mol. The Bertz CT molecular complexity index is 889. The zero-order valence-corrected chi connectivity index (χ0v) is 15.6. The van der Waals surface area contributed by atoms with Crippen molar-refractivity contribution in [1.29, 1.82) is 0 Å². The maximum absolute atomic E-state index is 12.4. The molecule has 0 aliphatic rings. The van der Waals surface area contributed by atoms with E-state index in [0.717, 1.165) is 5.56 Å². The Balaban J connectivity index is 2.09. The van der Waals surface area contributed by atoms with Gasteiger partial charge in [-0.3, -0.25) is 14.3 Å². The highest BCUT2D eigenvalue weighted by Gasteiger charge is 2.14. The van der Waals surface area contributed by atoms with Crippen LogP contribution in [0, 0.1) is 0 Å². The van der Waals surface area contributed by atoms with E-state index in [-0.39, 0.29) is 23.1 Å². The fraction of sp³-hybridized carbons (Fsp3) is 0.222. The van der Waals surface area contributed by atoms with Gasteiger partial charge in [0.15, 0.2) is 0 Å². The van der Waals surface area contributed by atoms with E-state index in [1.54, 1.807) is 38.4 Å². The summed E-state index contributed by atoms with van der Waals surface area (Å²) in [6, 6.07) is 12.5. The fourth-order valence-corrected chi connectivity index (χ4v) is 3.22. The number of nitrogens with zero attached hydrogens (tertiary/aromatic N) is 1. The number of carbonyl (C=O) groups excluding carboxylic acids is 2. The summed E-state index contributed by atoms with van der Waals surface area (Å²) in [6.07, 6.45) is 0.255. The predicted octanol–water partition coefficient (Wildman–Crippen LogP) is 2.08. The average Bonchev–Trinajstić information content (AvgIpc) is 2.56. The lowest BCUT2D eigenvalue weighted by atomic mass is 10.1. The van der Waals surface area contributed by atoms with Crippen LogP contribution >= 0.6 is 0 Å². The molecule has 0 heterocycles. The van der Waals surface area contributed by atoms with Gasteiger partial charge in [0.2, 0.25) is 11.8 Å². The van der Waals surface area contributed by atoms with Gasteiger partial charge in [-0.2, -0.15) is 0 Å². The third-order valence-electron chi connectivity index (χ3n) is 3.55. The van der Waals surface area contributed by atoms with Crippen molar-refractivity contribution in [3.05, 3.63) is 54.1 Å². The smallest absolute Gasteiger partial charge is 0.261 e. The molecule has 7 nitrogen and oxygen atoms in total. The van der Waals surface area contributed by atoms with Crippen molar-refractivity contribution < 1.29 is 18.0 Å². The zero-order chi connectivity index (χ0) is 19.3. The summed E-state index contributed by atoms with van der Waals surface area (Å²) >= 11 is 0. The Morgan fingerprint density at radius 1 is 0.923 bits per heavy atom. The molecule has 0 bridgehead atoms. The predicted molar refractivity (Wildman–Crippen MR) is 100 cm³/mol. The molecule has 2 amide bonds. The number of hydrogen-bond donors (Lipinski definition) is 2. The van der Waals surface area contributed by atoms with Crippen LogP contribution in [-0.2, 0) is 26.0 Å². The van der Waals surface area contributed by atoms with Crippen molar-refractivity contribution in [2.75, 3.05) is 24.1 Å². The van der Waals surface area contributed by atoms with Crippen LogP contribution in [0.5, 0.6) is 0 Å². The second-order valence-corrected chi connectivity index (χ2v) is 7.66. The molecule has 2 aromatic rings. The molecule has 26 heavy (non-hydrogen) atoms. The number of rotatable bonds is 6. The Hall–Kier alpha value is -2.87. The second-order valence-electron chi connectivity index (χ2n) is 5.97. The van der Waals surface area contributed by atoms with Crippen molar-refractivity contribution in [3.8, 4) is 0 Å². The molecule has 2 N–H and O–H groups in total. The summed E-state index contributed by atoms with van der Waals surface area (Å²) in [5.41, 5.74) is 1.72. The first kappa shape index (κ1) is 19.5.